The van der Waals surface area contributed by atoms with Gasteiger partial charge in [-0.05, 0) is 44.9 Å². The van der Waals surface area contributed by atoms with Crippen molar-refractivity contribution in [2.75, 3.05) is 6.61 Å². The van der Waals surface area contributed by atoms with Crippen molar-refractivity contribution in [2.45, 2.75) is 6.92 Å². The van der Waals surface area contributed by atoms with Crippen molar-refractivity contribution in [3.63, 3.8) is 0 Å². The molecule has 0 atom stereocenters. The summed E-state index contributed by atoms with van der Waals surface area (Å²) >= 11 is 6.68. The van der Waals surface area contributed by atoms with Gasteiger partial charge < -0.3 is 4.74 Å². The third kappa shape index (κ3) is 3.76. The van der Waals surface area contributed by atoms with Crippen LogP contribution in [0.15, 0.2) is 27.4 Å². The number of hydrogen-bond donors (Lipinski definition) is 0. The van der Waals surface area contributed by atoms with Gasteiger partial charge in [0.05, 0.1) is 6.61 Å². The highest BCUT2D eigenvalue weighted by Crippen LogP contribution is 2.24. The van der Waals surface area contributed by atoms with Crippen molar-refractivity contribution in [3.05, 3.63) is 33.0 Å². The lowest BCUT2D eigenvalue weighted by Gasteiger charge is -2.00. The second-order valence-electron chi connectivity index (χ2n) is 2.60. The van der Waals surface area contributed by atoms with Gasteiger partial charge in [-0.3, -0.25) is 4.98 Å². The zero-order valence-electron chi connectivity index (χ0n) is 8.04. The van der Waals surface area contributed by atoms with Gasteiger partial charge in [0.25, 0.3) is 0 Å². The van der Waals surface area contributed by atoms with Crippen LogP contribution in [0.25, 0.3) is 6.08 Å². The first-order valence-electron chi connectivity index (χ1n) is 4.29. The molecule has 0 radical (unpaired) electrons. The van der Waals surface area contributed by atoms with Crippen LogP contribution < -0.4 is 0 Å². The largest absolute Gasteiger partial charge is 0.463 e. The van der Waals surface area contributed by atoms with Crippen LogP contribution in [-0.2, 0) is 9.53 Å². The lowest BCUT2D eigenvalue weighted by Crippen LogP contribution is -1.98. The van der Waals surface area contributed by atoms with E-state index in [1.54, 1.807) is 25.4 Å². The first-order valence-corrected chi connectivity index (χ1v) is 5.87. The fraction of sp³-hybridized carbons (Fsp3) is 0.200. The second kappa shape index (κ2) is 6.02. The predicted octanol–water partition coefficient (Wildman–Crippen LogP) is 3.18. The van der Waals surface area contributed by atoms with Crippen LogP contribution in [0.5, 0.6) is 0 Å². The van der Waals surface area contributed by atoms with Crippen LogP contribution in [-0.4, -0.2) is 17.6 Å². The molecule has 0 aliphatic heterocycles. The Labute approximate surface area is 105 Å². The number of hydrogen-bond acceptors (Lipinski definition) is 3. The highest BCUT2D eigenvalue weighted by atomic mass is 79.9. The summed E-state index contributed by atoms with van der Waals surface area (Å²) in [6.07, 6.45) is 6.38. The smallest absolute Gasteiger partial charge is 0.330 e. The average Bonchev–Trinajstić information content (AvgIpc) is 2.17. The highest BCUT2D eigenvalue weighted by molar-refractivity contribution is 9.11. The van der Waals surface area contributed by atoms with E-state index in [0.29, 0.717) is 6.61 Å². The summed E-state index contributed by atoms with van der Waals surface area (Å²) in [6.45, 7) is 2.14. The number of nitrogens with zero attached hydrogens (tertiary/aromatic N) is 1. The van der Waals surface area contributed by atoms with Gasteiger partial charge in [-0.25, -0.2) is 4.79 Å². The van der Waals surface area contributed by atoms with Crippen molar-refractivity contribution in [2.24, 2.45) is 0 Å². The van der Waals surface area contributed by atoms with Crippen molar-refractivity contribution in [1.82, 2.24) is 4.98 Å². The Hall–Kier alpha value is -0.680. The molecule has 0 saturated carbocycles. The zero-order chi connectivity index (χ0) is 11.3. The molecule has 0 aliphatic rings. The van der Waals surface area contributed by atoms with E-state index >= 15 is 0 Å². The molecule has 80 valence electrons. The molecule has 1 aromatic rings. The Morgan fingerprint density at radius 2 is 2.07 bits per heavy atom. The predicted molar refractivity (Wildman–Crippen MR) is 65.3 cm³/mol. The van der Waals surface area contributed by atoms with Crippen LogP contribution in [0.1, 0.15) is 12.5 Å². The number of halogens is 2. The minimum absolute atomic E-state index is 0.354. The van der Waals surface area contributed by atoms with Gasteiger partial charge in [-0.15, -0.1) is 0 Å². The molecule has 0 unspecified atom stereocenters. The molecule has 0 N–H and O–H groups in total. The van der Waals surface area contributed by atoms with Gasteiger partial charge >= 0.3 is 5.97 Å². The van der Waals surface area contributed by atoms with Crippen molar-refractivity contribution in [1.29, 1.82) is 0 Å². The van der Waals surface area contributed by atoms with E-state index in [9.17, 15) is 4.79 Å². The van der Waals surface area contributed by atoms with Crippen molar-refractivity contribution < 1.29 is 9.53 Å². The van der Waals surface area contributed by atoms with E-state index in [-0.39, 0.29) is 5.97 Å². The number of rotatable bonds is 3. The third-order valence-corrected chi connectivity index (χ3v) is 2.83. The Kier molecular flexibility index (Phi) is 4.98. The molecule has 0 bridgehead atoms. The van der Waals surface area contributed by atoms with Crippen LogP contribution >= 0.6 is 31.9 Å². The monoisotopic (exact) mass is 333 g/mol. The first kappa shape index (κ1) is 12.4. The van der Waals surface area contributed by atoms with E-state index in [1.165, 1.54) is 6.08 Å². The Balaban J connectivity index is 2.84. The van der Waals surface area contributed by atoms with Crippen molar-refractivity contribution in [3.8, 4) is 0 Å². The van der Waals surface area contributed by atoms with Crippen LogP contribution in [0, 0.1) is 0 Å². The van der Waals surface area contributed by atoms with Gasteiger partial charge in [-0.2, -0.15) is 0 Å². The summed E-state index contributed by atoms with van der Waals surface area (Å²) in [5.74, 6) is -0.354. The number of carbonyl (C=O) groups is 1. The Morgan fingerprint density at radius 3 is 2.60 bits per heavy atom. The third-order valence-electron chi connectivity index (χ3n) is 1.56. The van der Waals surface area contributed by atoms with Crippen LogP contribution in [0.3, 0.4) is 0 Å². The maximum Gasteiger partial charge on any atom is 0.330 e. The van der Waals surface area contributed by atoms with Gasteiger partial charge in [0.15, 0.2) is 0 Å². The SMILES string of the molecule is CCOC(=O)/C=C/c1c(Br)cncc1Br. The summed E-state index contributed by atoms with van der Waals surface area (Å²) in [6, 6.07) is 0. The topological polar surface area (TPSA) is 39.2 Å². The van der Waals surface area contributed by atoms with Gasteiger partial charge in [0.2, 0.25) is 0 Å². The molecule has 5 heteroatoms. The van der Waals surface area contributed by atoms with E-state index in [4.69, 9.17) is 4.74 Å². The number of aromatic nitrogens is 1. The number of esters is 1. The molecular formula is C10H9Br2NO2. The lowest BCUT2D eigenvalue weighted by atomic mass is 10.2. The minimum atomic E-state index is -0.354. The summed E-state index contributed by atoms with van der Waals surface area (Å²) < 4.78 is 6.41. The zero-order valence-corrected chi connectivity index (χ0v) is 11.2. The molecule has 15 heavy (non-hydrogen) atoms. The number of carbonyl (C=O) groups excluding carboxylic acids is 1. The normalized spacial score (nSPS) is 10.6. The fourth-order valence-electron chi connectivity index (χ4n) is 0.922. The van der Waals surface area contributed by atoms with Gasteiger partial charge in [0.1, 0.15) is 0 Å². The molecule has 0 fully saturated rings. The first-order chi connectivity index (χ1) is 7.15. The van der Waals surface area contributed by atoms with Gasteiger partial charge in [0, 0.05) is 33.0 Å². The summed E-state index contributed by atoms with van der Waals surface area (Å²) in [4.78, 5) is 15.0. The highest BCUT2D eigenvalue weighted by Gasteiger charge is 2.02. The molecule has 0 amide bonds. The van der Waals surface area contributed by atoms with Crippen LogP contribution in [0.4, 0.5) is 0 Å². The Bertz CT molecular complexity index is 371. The minimum Gasteiger partial charge on any atom is -0.463 e. The molecule has 3 nitrogen and oxygen atoms in total. The van der Waals surface area contributed by atoms with Gasteiger partial charge in [-0.1, -0.05) is 0 Å². The van der Waals surface area contributed by atoms with E-state index in [0.717, 1.165) is 14.5 Å². The van der Waals surface area contributed by atoms with E-state index < -0.39 is 0 Å². The molecule has 1 rings (SSSR count). The average molecular weight is 335 g/mol. The molecule has 1 aromatic heterocycles. The van der Waals surface area contributed by atoms with E-state index in [1.807, 2.05) is 0 Å². The Morgan fingerprint density at radius 1 is 1.47 bits per heavy atom. The van der Waals surface area contributed by atoms with E-state index in [2.05, 4.69) is 36.8 Å². The number of ether oxygens (including phenoxy) is 1. The fourth-order valence-corrected chi connectivity index (χ4v) is 2.12. The standard InChI is InChI=1S/C10H9Br2NO2/c1-2-15-10(14)4-3-7-8(11)5-13-6-9(7)12/h3-6H,2H2,1H3/b4-3+. The maximum atomic E-state index is 11.1. The lowest BCUT2D eigenvalue weighted by molar-refractivity contribution is -0.137. The molecule has 0 saturated heterocycles. The molecule has 0 aliphatic carbocycles. The van der Waals surface area contributed by atoms with Crippen molar-refractivity contribution >= 4 is 43.9 Å². The quantitative estimate of drug-likeness (QED) is 0.629. The number of pyridine rings is 1. The summed E-state index contributed by atoms with van der Waals surface area (Å²) in [5.41, 5.74) is 0.859. The molecule has 1 heterocycles. The maximum absolute atomic E-state index is 11.1. The molecule has 0 spiro atoms. The summed E-state index contributed by atoms with van der Waals surface area (Å²) in [7, 11) is 0. The molecular weight excluding hydrogens is 326 g/mol. The second-order valence-corrected chi connectivity index (χ2v) is 4.31. The summed E-state index contributed by atoms with van der Waals surface area (Å²) in [5, 5.41) is 0. The molecule has 0 aromatic carbocycles. The van der Waals surface area contributed by atoms with Crippen LogP contribution in [0.2, 0.25) is 0 Å².